The van der Waals surface area contributed by atoms with E-state index in [0.717, 1.165) is 24.3 Å². The number of carbonyl (C=O) groups excluding carboxylic acids is 4. The average Bonchev–Trinajstić information content (AvgIpc) is 2.97. The number of hydrogen-bond acceptors (Lipinski definition) is 7. The van der Waals surface area contributed by atoms with Crippen molar-refractivity contribution in [3.05, 3.63) is 24.3 Å². The molecule has 1 spiro atoms. The molecule has 2 fully saturated rings. The van der Waals surface area contributed by atoms with Gasteiger partial charge in [0.1, 0.15) is 12.1 Å². The summed E-state index contributed by atoms with van der Waals surface area (Å²) in [7, 11) is 1.51. The third-order valence-electron chi connectivity index (χ3n) is 5.19. The maximum atomic E-state index is 12.7. The molecular formula is C20H27N5O6. The number of nitrogens with one attached hydrogen (secondary N) is 4. The van der Waals surface area contributed by atoms with Crippen LogP contribution in [-0.2, 0) is 19.1 Å². The van der Waals surface area contributed by atoms with Crippen LogP contribution in [0.1, 0.15) is 32.1 Å². The molecule has 3 rings (SSSR count). The highest BCUT2D eigenvalue weighted by molar-refractivity contribution is 6.08. The fraction of sp³-hybridized carbons (Fsp3) is 0.500. The first-order valence-electron chi connectivity index (χ1n) is 10.2. The molecule has 4 N–H and O–H groups in total. The van der Waals surface area contributed by atoms with Gasteiger partial charge in [0.25, 0.3) is 11.8 Å². The van der Waals surface area contributed by atoms with Gasteiger partial charge in [-0.3, -0.25) is 20.3 Å². The minimum Gasteiger partial charge on any atom is -0.447 e. The number of carbonyl (C=O) groups is 4. The first kappa shape index (κ1) is 22.3. The second-order valence-electron chi connectivity index (χ2n) is 7.44. The van der Waals surface area contributed by atoms with Crippen LogP contribution < -0.4 is 21.4 Å². The number of methoxy groups -OCH3 is 1. The molecule has 1 heterocycles. The van der Waals surface area contributed by atoms with E-state index in [4.69, 9.17) is 9.47 Å². The van der Waals surface area contributed by atoms with E-state index in [2.05, 4.69) is 21.4 Å². The molecule has 1 aromatic carbocycles. The van der Waals surface area contributed by atoms with Crippen LogP contribution in [0.4, 0.5) is 21.0 Å². The number of ether oxygens (including phenoxy) is 2. The van der Waals surface area contributed by atoms with Gasteiger partial charge in [-0.1, -0.05) is 25.3 Å². The molecule has 0 unspecified atom stereocenters. The van der Waals surface area contributed by atoms with Crippen LogP contribution in [0.3, 0.4) is 0 Å². The van der Waals surface area contributed by atoms with E-state index in [1.165, 1.54) is 7.11 Å². The van der Waals surface area contributed by atoms with Crippen LogP contribution in [0.2, 0.25) is 0 Å². The standard InChI is InChI=1S/C20H27N5O6/c1-30-10-11-31-19(29)22-15-7-5-6-14(12-15)21-13-16(26)24-25-17(27)20(23-18(25)28)8-3-2-4-9-20/h5-7,12,21H,2-4,8-11,13H2,1H3,(H,22,29)(H,23,28)(H,24,26). The highest BCUT2D eigenvalue weighted by atomic mass is 16.6. The average molecular weight is 433 g/mol. The normalized spacial score (nSPS) is 17.3. The Morgan fingerprint density at radius 3 is 2.61 bits per heavy atom. The molecule has 0 atom stereocenters. The maximum absolute atomic E-state index is 12.7. The Labute approximate surface area is 179 Å². The van der Waals surface area contributed by atoms with Gasteiger partial charge in [-0.15, -0.1) is 0 Å². The molecular weight excluding hydrogens is 406 g/mol. The molecule has 0 aromatic heterocycles. The molecule has 168 valence electrons. The van der Waals surface area contributed by atoms with Crippen LogP contribution in [0.25, 0.3) is 0 Å². The molecule has 1 aliphatic carbocycles. The van der Waals surface area contributed by atoms with Gasteiger partial charge in [0.05, 0.1) is 13.2 Å². The zero-order valence-electron chi connectivity index (χ0n) is 17.4. The number of hydrazine groups is 1. The second kappa shape index (κ2) is 10.1. The lowest BCUT2D eigenvalue weighted by Gasteiger charge is -2.30. The Bertz CT molecular complexity index is 839. The lowest BCUT2D eigenvalue weighted by atomic mass is 9.82. The predicted molar refractivity (Wildman–Crippen MR) is 111 cm³/mol. The summed E-state index contributed by atoms with van der Waals surface area (Å²) in [5, 5.41) is 8.96. The number of anilines is 2. The van der Waals surface area contributed by atoms with Gasteiger partial charge in [0.2, 0.25) is 0 Å². The smallest absolute Gasteiger partial charge is 0.411 e. The van der Waals surface area contributed by atoms with Gasteiger partial charge < -0.3 is 20.1 Å². The summed E-state index contributed by atoms with van der Waals surface area (Å²) in [4.78, 5) is 48.9. The summed E-state index contributed by atoms with van der Waals surface area (Å²) < 4.78 is 9.74. The summed E-state index contributed by atoms with van der Waals surface area (Å²) >= 11 is 0. The van der Waals surface area contributed by atoms with Crippen molar-refractivity contribution in [2.24, 2.45) is 0 Å². The molecule has 1 aliphatic heterocycles. The van der Waals surface area contributed by atoms with Crippen molar-refractivity contribution < 1.29 is 28.7 Å². The van der Waals surface area contributed by atoms with E-state index in [9.17, 15) is 19.2 Å². The van der Waals surface area contributed by atoms with Crippen molar-refractivity contribution in [1.82, 2.24) is 15.8 Å². The minimum absolute atomic E-state index is 0.129. The van der Waals surface area contributed by atoms with Gasteiger partial charge in [0.15, 0.2) is 0 Å². The summed E-state index contributed by atoms with van der Waals surface area (Å²) in [6.07, 6.45) is 3.28. The maximum Gasteiger partial charge on any atom is 0.411 e. The Hall–Kier alpha value is -3.34. The van der Waals surface area contributed by atoms with E-state index in [-0.39, 0.29) is 13.2 Å². The molecule has 1 saturated carbocycles. The van der Waals surface area contributed by atoms with E-state index in [0.29, 0.717) is 30.8 Å². The Kier molecular flexibility index (Phi) is 7.29. The van der Waals surface area contributed by atoms with Gasteiger partial charge in [0, 0.05) is 18.5 Å². The van der Waals surface area contributed by atoms with Gasteiger partial charge in [-0.05, 0) is 31.0 Å². The van der Waals surface area contributed by atoms with Crippen molar-refractivity contribution in [2.75, 3.05) is 37.5 Å². The molecule has 0 radical (unpaired) electrons. The van der Waals surface area contributed by atoms with Crippen molar-refractivity contribution in [3.63, 3.8) is 0 Å². The van der Waals surface area contributed by atoms with Gasteiger partial charge >= 0.3 is 12.1 Å². The molecule has 2 aliphatic rings. The van der Waals surface area contributed by atoms with Crippen LogP contribution in [0.5, 0.6) is 0 Å². The Morgan fingerprint density at radius 2 is 1.87 bits per heavy atom. The molecule has 5 amide bonds. The Balaban J connectivity index is 1.49. The van der Waals surface area contributed by atoms with E-state index < -0.39 is 29.5 Å². The van der Waals surface area contributed by atoms with Gasteiger partial charge in [-0.25, -0.2) is 9.59 Å². The molecule has 1 saturated heterocycles. The van der Waals surface area contributed by atoms with Crippen molar-refractivity contribution in [2.45, 2.75) is 37.6 Å². The third kappa shape index (κ3) is 5.63. The number of urea groups is 1. The first-order chi connectivity index (χ1) is 14.9. The summed E-state index contributed by atoms with van der Waals surface area (Å²) in [6, 6.07) is 6.07. The highest BCUT2D eigenvalue weighted by Crippen LogP contribution is 2.32. The van der Waals surface area contributed by atoms with Gasteiger partial charge in [-0.2, -0.15) is 5.01 Å². The minimum atomic E-state index is -0.895. The molecule has 0 bridgehead atoms. The van der Waals surface area contributed by atoms with Crippen molar-refractivity contribution in [1.29, 1.82) is 0 Å². The summed E-state index contributed by atoms with van der Waals surface area (Å²) in [6.45, 7) is 0.249. The topological polar surface area (TPSA) is 138 Å². The highest BCUT2D eigenvalue weighted by Gasteiger charge is 2.52. The summed E-state index contributed by atoms with van der Waals surface area (Å²) in [5.41, 5.74) is 2.50. The molecule has 11 nitrogen and oxygen atoms in total. The molecule has 11 heteroatoms. The zero-order valence-corrected chi connectivity index (χ0v) is 17.4. The van der Waals surface area contributed by atoms with E-state index in [1.807, 2.05) is 0 Å². The van der Waals surface area contributed by atoms with Crippen LogP contribution in [-0.4, -0.2) is 61.4 Å². The number of hydrogen-bond donors (Lipinski definition) is 4. The Morgan fingerprint density at radius 1 is 1.13 bits per heavy atom. The predicted octanol–water partition coefficient (Wildman–Crippen LogP) is 1.58. The molecule has 1 aromatic rings. The lowest BCUT2D eigenvalue weighted by molar-refractivity contribution is -0.139. The number of nitrogens with zero attached hydrogens (tertiary/aromatic N) is 1. The van der Waals surface area contributed by atoms with Crippen LogP contribution in [0.15, 0.2) is 24.3 Å². The quantitative estimate of drug-likeness (QED) is 0.361. The number of rotatable bonds is 8. The third-order valence-corrected chi connectivity index (χ3v) is 5.19. The van der Waals surface area contributed by atoms with E-state index in [1.54, 1.807) is 24.3 Å². The number of imide groups is 1. The van der Waals surface area contributed by atoms with E-state index >= 15 is 0 Å². The fourth-order valence-corrected chi connectivity index (χ4v) is 3.64. The van der Waals surface area contributed by atoms with Crippen molar-refractivity contribution >= 4 is 35.3 Å². The largest absolute Gasteiger partial charge is 0.447 e. The zero-order chi connectivity index (χ0) is 22.3. The SMILES string of the molecule is COCCOC(=O)Nc1cccc(NCC(=O)NN2C(=O)NC3(CCCCC3)C2=O)c1. The monoisotopic (exact) mass is 433 g/mol. The number of benzene rings is 1. The second-order valence-corrected chi connectivity index (χ2v) is 7.44. The number of amides is 5. The fourth-order valence-electron chi connectivity index (χ4n) is 3.64. The van der Waals surface area contributed by atoms with Crippen LogP contribution in [0, 0.1) is 0 Å². The first-order valence-corrected chi connectivity index (χ1v) is 10.2. The van der Waals surface area contributed by atoms with Crippen molar-refractivity contribution in [3.8, 4) is 0 Å². The molecule has 31 heavy (non-hydrogen) atoms. The van der Waals surface area contributed by atoms with Crippen LogP contribution >= 0.6 is 0 Å². The summed E-state index contributed by atoms with van der Waals surface area (Å²) in [5.74, 6) is -0.961. The lowest BCUT2D eigenvalue weighted by Crippen LogP contribution is -2.51.